The summed E-state index contributed by atoms with van der Waals surface area (Å²) in [6.07, 6.45) is 0. The van der Waals surface area contributed by atoms with Crippen LogP contribution in [0.25, 0.3) is 0 Å². The van der Waals surface area contributed by atoms with Gasteiger partial charge in [0.05, 0.1) is 24.0 Å². The molecule has 1 saturated heterocycles. The Labute approximate surface area is 120 Å². The van der Waals surface area contributed by atoms with Gasteiger partial charge in [-0.2, -0.15) is 0 Å². The number of carbonyl (C=O) groups excluding carboxylic acids is 1. The van der Waals surface area contributed by atoms with Crippen molar-refractivity contribution in [3.63, 3.8) is 0 Å². The molecule has 0 aliphatic carbocycles. The van der Waals surface area contributed by atoms with Gasteiger partial charge in [0, 0.05) is 25.2 Å². The molecule has 1 aromatic carbocycles. The van der Waals surface area contributed by atoms with Crippen LogP contribution < -0.4 is 10.6 Å². The zero-order chi connectivity index (χ0) is 14.9. The van der Waals surface area contributed by atoms with Crippen molar-refractivity contribution in [3.05, 3.63) is 23.8 Å². The Balaban J connectivity index is 2.32. The van der Waals surface area contributed by atoms with Crippen molar-refractivity contribution in [1.29, 1.82) is 0 Å². The summed E-state index contributed by atoms with van der Waals surface area (Å²) < 4.78 is 4.77. The second-order valence-electron chi connectivity index (χ2n) is 5.89. The lowest BCUT2D eigenvalue weighted by atomic mass is 9.98. The quantitative estimate of drug-likeness (QED) is 0.657. The normalized spacial score (nSPS) is 18.9. The summed E-state index contributed by atoms with van der Waals surface area (Å²) in [7, 11) is 3.50. The van der Waals surface area contributed by atoms with Crippen LogP contribution in [0.1, 0.15) is 24.2 Å². The van der Waals surface area contributed by atoms with Gasteiger partial charge in [0.25, 0.3) is 0 Å². The first-order valence-electron chi connectivity index (χ1n) is 6.80. The van der Waals surface area contributed by atoms with E-state index in [2.05, 4.69) is 30.7 Å². The molecule has 0 saturated carbocycles. The molecule has 1 aliphatic heterocycles. The van der Waals surface area contributed by atoms with Crippen LogP contribution in [-0.4, -0.2) is 50.2 Å². The number of likely N-dealkylation sites (N-methyl/N-ethyl adjacent to an activating group) is 1. The largest absolute Gasteiger partial charge is 0.465 e. The second-order valence-corrected chi connectivity index (χ2v) is 5.89. The SMILES string of the molecule is COC(=O)c1cccc(N2CCN(C)C(C)(C)C2)c1N. The third-order valence-corrected chi connectivity index (χ3v) is 4.15. The lowest BCUT2D eigenvalue weighted by molar-refractivity contribution is 0.0602. The molecule has 0 atom stereocenters. The van der Waals surface area contributed by atoms with Crippen molar-refractivity contribution in [3.8, 4) is 0 Å². The number of carbonyl (C=O) groups is 1. The van der Waals surface area contributed by atoms with Gasteiger partial charge in [-0.3, -0.25) is 4.90 Å². The average Bonchev–Trinajstić information content (AvgIpc) is 2.41. The fraction of sp³-hybridized carbons (Fsp3) is 0.533. The van der Waals surface area contributed by atoms with E-state index in [0.29, 0.717) is 11.3 Å². The first-order valence-corrected chi connectivity index (χ1v) is 6.80. The lowest BCUT2D eigenvalue weighted by Crippen LogP contribution is -2.57. The van der Waals surface area contributed by atoms with Gasteiger partial charge >= 0.3 is 5.97 Å². The summed E-state index contributed by atoms with van der Waals surface area (Å²) >= 11 is 0. The minimum atomic E-state index is -0.391. The van der Waals surface area contributed by atoms with E-state index in [-0.39, 0.29) is 5.54 Å². The maximum absolute atomic E-state index is 11.7. The fourth-order valence-electron chi connectivity index (χ4n) is 2.56. The predicted molar refractivity (Wildman–Crippen MR) is 81.1 cm³/mol. The molecule has 2 rings (SSSR count). The maximum atomic E-state index is 11.7. The number of hydrogen-bond acceptors (Lipinski definition) is 5. The van der Waals surface area contributed by atoms with E-state index in [0.717, 1.165) is 25.3 Å². The van der Waals surface area contributed by atoms with Gasteiger partial charge in [-0.1, -0.05) is 6.07 Å². The Hall–Kier alpha value is -1.75. The molecule has 0 spiro atoms. The number of rotatable bonds is 2. The number of ether oxygens (including phenoxy) is 1. The van der Waals surface area contributed by atoms with Crippen LogP contribution in [0.3, 0.4) is 0 Å². The summed E-state index contributed by atoms with van der Waals surface area (Å²) in [6.45, 7) is 7.15. The summed E-state index contributed by atoms with van der Waals surface area (Å²) in [6, 6.07) is 5.51. The van der Waals surface area contributed by atoms with Crippen LogP contribution in [-0.2, 0) is 4.74 Å². The molecule has 0 amide bonds. The van der Waals surface area contributed by atoms with Crippen molar-refractivity contribution in [2.45, 2.75) is 19.4 Å². The molecule has 5 heteroatoms. The van der Waals surface area contributed by atoms with Crippen molar-refractivity contribution in [2.24, 2.45) is 0 Å². The predicted octanol–water partition coefficient (Wildman–Crippen LogP) is 1.59. The van der Waals surface area contributed by atoms with E-state index in [9.17, 15) is 4.79 Å². The number of nitrogens with zero attached hydrogens (tertiary/aromatic N) is 2. The van der Waals surface area contributed by atoms with E-state index in [1.165, 1.54) is 7.11 Å². The molecular formula is C15H23N3O2. The van der Waals surface area contributed by atoms with Crippen molar-refractivity contribution in [1.82, 2.24) is 4.90 Å². The van der Waals surface area contributed by atoms with Crippen molar-refractivity contribution in [2.75, 3.05) is 44.4 Å². The molecule has 20 heavy (non-hydrogen) atoms. The van der Waals surface area contributed by atoms with Gasteiger partial charge in [-0.25, -0.2) is 4.79 Å². The zero-order valence-corrected chi connectivity index (χ0v) is 12.6. The third kappa shape index (κ3) is 2.58. The van der Waals surface area contributed by atoms with Gasteiger partial charge in [0.15, 0.2) is 0 Å². The fourth-order valence-corrected chi connectivity index (χ4v) is 2.56. The van der Waals surface area contributed by atoms with Crippen LogP contribution in [0.4, 0.5) is 11.4 Å². The Bertz CT molecular complexity index is 514. The van der Waals surface area contributed by atoms with E-state index >= 15 is 0 Å². The third-order valence-electron chi connectivity index (χ3n) is 4.15. The highest BCUT2D eigenvalue weighted by Gasteiger charge is 2.32. The number of piperazine rings is 1. The summed E-state index contributed by atoms with van der Waals surface area (Å²) in [4.78, 5) is 16.3. The number of nitrogen functional groups attached to an aromatic ring is 1. The standard InChI is InChI=1S/C15H23N3O2/c1-15(2)10-18(9-8-17(15)3)12-7-5-6-11(13(12)16)14(19)20-4/h5-7H,8-10,16H2,1-4H3. The molecule has 0 unspecified atom stereocenters. The van der Waals surface area contributed by atoms with Crippen LogP contribution in [0.15, 0.2) is 18.2 Å². The zero-order valence-electron chi connectivity index (χ0n) is 12.6. The van der Waals surface area contributed by atoms with Crippen LogP contribution in [0.2, 0.25) is 0 Å². The minimum absolute atomic E-state index is 0.0754. The number of methoxy groups -OCH3 is 1. The molecule has 2 N–H and O–H groups in total. The summed E-state index contributed by atoms with van der Waals surface area (Å²) in [5.41, 5.74) is 8.08. The maximum Gasteiger partial charge on any atom is 0.340 e. The van der Waals surface area contributed by atoms with E-state index in [1.54, 1.807) is 6.07 Å². The Morgan fingerprint density at radius 1 is 1.35 bits per heavy atom. The van der Waals surface area contributed by atoms with Gasteiger partial charge in [0.2, 0.25) is 0 Å². The Kier molecular flexibility index (Phi) is 3.90. The molecule has 5 nitrogen and oxygen atoms in total. The summed E-state index contributed by atoms with van der Waals surface area (Å²) in [5.74, 6) is -0.391. The highest BCUT2D eigenvalue weighted by Crippen LogP contribution is 2.31. The van der Waals surface area contributed by atoms with Gasteiger partial charge in [-0.15, -0.1) is 0 Å². The van der Waals surface area contributed by atoms with Crippen LogP contribution in [0.5, 0.6) is 0 Å². The Morgan fingerprint density at radius 2 is 2.05 bits per heavy atom. The highest BCUT2D eigenvalue weighted by molar-refractivity contribution is 5.98. The molecule has 1 aromatic rings. The first kappa shape index (κ1) is 14.7. The number of hydrogen-bond donors (Lipinski definition) is 1. The number of benzene rings is 1. The van der Waals surface area contributed by atoms with Gasteiger partial charge < -0.3 is 15.4 Å². The second kappa shape index (κ2) is 5.32. The van der Waals surface area contributed by atoms with Crippen LogP contribution in [0, 0.1) is 0 Å². The van der Waals surface area contributed by atoms with Gasteiger partial charge in [0.1, 0.15) is 0 Å². The molecule has 0 aromatic heterocycles. The van der Waals surface area contributed by atoms with E-state index in [1.807, 2.05) is 12.1 Å². The minimum Gasteiger partial charge on any atom is -0.465 e. The van der Waals surface area contributed by atoms with E-state index < -0.39 is 5.97 Å². The molecule has 1 heterocycles. The number of para-hydroxylation sites is 1. The average molecular weight is 277 g/mol. The van der Waals surface area contributed by atoms with Crippen molar-refractivity contribution >= 4 is 17.3 Å². The summed E-state index contributed by atoms with van der Waals surface area (Å²) in [5, 5.41) is 0. The van der Waals surface area contributed by atoms with Crippen LogP contribution >= 0.6 is 0 Å². The molecule has 1 aliphatic rings. The molecule has 0 bridgehead atoms. The number of esters is 1. The topological polar surface area (TPSA) is 58.8 Å². The first-order chi connectivity index (χ1) is 9.36. The monoisotopic (exact) mass is 277 g/mol. The molecule has 110 valence electrons. The number of anilines is 2. The number of nitrogens with two attached hydrogens (primary N) is 1. The van der Waals surface area contributed by atoms with E-state index in [4.69, 9.17) is 10.5 Å². The highest BCUT2D eigenvalue weighted by atomic mass is 16.5. The van der Waals surface area contributed by atoms with Gasteiger partial charge in [-0.05, 0) is 33.0 Å². The Morgan fingerprint density at radius 3 is 2.65 bits per heavy atom. The lowest BCUT2D eigenvalue weighted by Gasteiger charge is -2.46. The van der Waals surface area contributed by atoms with Crippen molar-refractivity contribution < 1.29 is 9.53 Å². The molecule has 0 radical (unpaired) electrons. The smallest absolute Gasteiger partial charge is 0.340 e. The molecule has 1 fully saturated rings. The molecular weight excluding hydrogens is 254 g/mol.